The van der Waals surface area contributed by atoms with Gasteiger partial charge in [-0.15, -0.1) is 0 Å². The molecule has 1 unspecified atom stereocenters. The normalized spacial score (nSPS) is 11.5. The summed E-state index contributed by atoms with van der Waals surface area (Å²) in [4.78, 5) is 33.8. The minimum Gasteiger partial charge on any atom is -0.478 e. The number of nitrogens with one attached hydrogen (secondary N) is 3. The van der Waals surface area contributed by atoms with Crippen LogP contribution in [0.25, 0.3) is 0 Å². The summed E-state index contributed by atoms with van der Waals surface area (Å²) >= 11 is 0. The van der Waals surface area contributed by atoms with Gasteiger partial charge in [0, 0.05) is 5.69 Å². The Labute approximate surface area is 116 Å². The Morgan fingerprint density at radius 3 is 2.30 bits per heavy atom. The highest BCUT2D eigenvalue weighted by Gasteiger charge is 2.15. The van der Waals surface area contributed by atoms with Crippen molar-refractivity contribution in [3.8, 4) is 0 Å². The quantitative estimate of drug-likeness (QED) is 0.588. The van der Waals surface area contributed by atoms with Gasteiger partial charge in [-0.25, -0.2) is 4.79 Å². The predicted molar refractivity (Wildman–Crippen MR) is 73.6 cm³/mol. The zero-order valence-electron chi connectivity index (χ0n) is 11.3. The zero-order valence-corrected chi connectivity index (χ0v) is 11.3. The second-order valence-electron chi connectivity index (χ2n) is 4.19. The topological polar surface area (TPSA) is 108 Å². The van der Waals surface area contributed by atoms with Crippen molar-refractivity contribution in [3.63, 3.8) is 0 Å². The summed E-state index contributed by atoms with van der Waals surface area (Å²) in [6, 6.07) is 5.08. The number of hydrogen-bond donors (Lipinski definition) is 4. The lowest BCUT2D eigenvalue weighted by Gasteiger charge is -2.14. The Morgan fingerprint density at radius 2 is 1.80 bits per heavy atom. The number of aromatic carboxylic acids is 1. The van der Waals surface area contributed by atoms with E-state index >= 15 is 0 Å². The molecule has 20 heavy (non-hydrogen) atoms. The largest absolute Gasteiger partial charge is 0.478 e. The molecule has 2 amide bonds. The van der Waals surface area contributed by atoms with Crippen molar-refractivity contribution in [1.82, 2.24) is 10.6 Å². The van der Waals surface area contributed by atoms with E-state index < -0.39 is 12.0 Å². The van der Waals surface area contributed by atoms with Crippen LogP contribution in [-0.2, 0) is 9.59 Å². The number of amides is 2. The van der Waals surface area contributed by atoms with Crippen molar-refractivity contribution >= 4 is 23.5 Å². The van der Waals surface area contributed by atoms with Crippen LogP contribution in [0.2, 0.25) is 0 Å². The molecular weight excluding hydrogens is 262 g/mol. The fourth-order valence-corrected chi connectivity index (χ4v) is 1.47. The lowest BCUT2D eigenvalue weighted by atomic mass is 10.2. The fourth-order valence-electron chi connectivity index (χ4n) is 1.47. The van der Waals surface area contributed by atoms with Gasteiger partial charge in [0.2, 0.25) is 11.8 Å². The van der Waals surface area contributed by atoms with Crippen LogP contribution >= 0.6 is 0 Å². The zero-order chi connectivity index (χ0) is 15.1. The van der Waals surface area contributed by atoms with Gasteiger partial charge in [-0.05, 0) is 38.2 Å². The molecule has 0 saturated heterocycles. The summed E-state index contributed by atoms with van der Waals surface area (Å²) in [6.07, 6.45) is 0. The SMILES string of the molecule is CNCC(=O)NC(C)C(=O)Nc1ccc(C(=O)O)cc1. The molecule has 0 aromatic heterocycles. The molecule has 108 valence electrons. The molecule has 7 heteroatoms. The third kappa shape index (κ3) is 4.69. The van der Waals surface area contributed by atoms with E-state index in [1.54, 1.807) is 14.0 Å². The van der Waals surface area contributed by atoms with Gasteiger partial charge in [-0.2, -0.15) is 0 Å². The van der Waals surface area contributed by atoms with Crippen molar-refractivity contribution in [2.24, 2.45) is 0 Å². The second kappa shape index (κ2) is 7.25. The third-order valence-corrected chi connectivity index (χ3v) is 2.51. The molecule has 1 rings (SSSR count). The molecule has 0 aliphatic rings. The van der Waals surface area contributed by atoms with Crippen LogP contribution in [0, 0.1) is 0 Å². The first-order valence-electron chi connectivity index (χ1n) is 6.02. The Kier molecular flexibility index (Phi) is 5.67. The summed E-state index contributed by atoms with van der Waals surface area (Å²) < 4.78 is 0. The van der Waals surface area contributed by atoms with Crippen LogP contribution in [0.15, 0.2) is 24.3 Å². The predicted octanol–water partition coefficient (Wildman–Crippen LogP) is 0.0474. The number of benzene rings is 1. The maximum absolute atomic E-state index is 11.8. The molecule has 4 N–H and O–H groups in total. The molecule has 7 nitrogen and oxygen atoms in total. The fraction of sp³-hybridized carbons (Fsp3) is 0.308. The summed E-state index contributed by atoms with van der Waals surface area (Å²) in [7, 11) is 1.63. The number of carbonyl (C=O) groups is 3. The van der Waals surface area contributed by atoms with Crippen LogP contribution in [0.4, 0.5) is 5.69 Å². The standard InChI is InChI=1S/C13H17N3O4/c1-8(15-11(17)7-14-2)12(18)16-10-5-3-9(4-6-10)13(19)20/h3-6,8,14H,7H2,1-2H3,(H,15,17)(H,16,18)(H,19,20). The summed E-state index contributed by atoms with van der Waals surface area (Å²) in [5, 5.41) is 16.5. The van der Waals surface area contributed by atoms with Crippen molar-refractivity contribution in [2.45, 2.75) is 13.0 Å². The molecule has 0 saturated carbocycles. The van der Waals surface area contributed by atoms with Crippen molar-refractivity contribution < 1.29 is 19.5 Å². The van der Waals surface area contributed by atoms with Gasteiger partial charge in [-0.1, -0.05) is 0 Å². The summed E-state index contributed by atoms with van der Waals surface area (Å²) in [5.41, 5.74) is 0.605. The van der Waals surface area contributed by atoms with E-state index in [1.807, 2.05) is 0 Å². The third-order valence-electron chi connectivity index (χ3n) is 2.51. The molecule has 1 aromatic rings. The molecule has 0 aliphatic heterocycles. The van der Waals surface area contributed by atoms with E-state index in [4.69, 9.17) is 5.11 Å². The number of carbonyl (C=O) groups excluding carboxylic acids is 2. The Hall–Kier alpha value is -2.41. The van der Waals surface area contributed by atoms with Gasteiger partial charge in [0.15, 0.2) is 0 Å². The van der Waals surface area contributed by atoms with Crippen molar-refractivity contribution in [1.29, 1.82) is 0 Å². The highest BCUT2D eigenvalue weighted by Crippen LogP contribution is 2.09. The van der Waals surface area contributed by atoms with E-state index in [-0.39, 0.29) is 23.9 Å². The van der Waals surface area contributed by atoms with Crippen LogP contribution in [0.1, 0.15) is 17.3 Å². The number of carboxylic acid groups (broad SMARTS) is 1. The molecular formula is C13H17N3O4. The van der Waals surface area contributed by atoms with E-state index in [2.05, 4.69) is 16.0 Å². The van der Waals surface area contributed by atoms with E-state index in [9.17, 15) is 14.4 Å². The van der Waals surface area contributed by atoms with Crippen molar-refractivity contribution in [3.05, 3.63) is 29.8 Å². The van der Waals surface area contributed by atoms with Gasteiger partial charge in [0.25, 0.3) is 0 Å². The van der Waals surface area contributed by atoms with Crippen LogP contribution in [0.5, 0.6) is 0 Å². The van der Waals surface area contributed by atoms with Crippen LogP contribution < -0.4 is 16.0 Å². The number of rotatable bonds is 6. The molecule has 0 spiro atoms. The van der Waals surface area contributed by atoms with Gasteiger partial charge in [0.05, 0.1) is 12.1 Å². The summed E-state index contributed by atoms with van der Waals surface area (Å²) in [6.45, 7) is 1.69. The first kappa shape index (κ1) is 15.6. The number of likely N-dealkylation sites (N-methyl/N-ethyl adjacent to an activating group) is 1. The molecule has 0 aliphatic carbocycles. The van der Waals surface area contributed by atoms with Crippen LogP contribution in [-0.4, -0.2) is 42.5 Å². The Morgan fingerprint density at radius 1 is 1.20 bits per heavy atom. The minimum absolute atomic E-state index is 0.130. The first-order valence-corrected chi connectivity index (χ1v) is 6.02. The molecule has 1 atom stereocenters. The highest BCUT2D eigenvalue weighted by atomic mass is 16.4. The first-order chi connectivity index (χ1) is 9.43. The number of anilines is 1. The molecule has 1 aromatic carbocycles. The molecule has 0 bridgehead atoms. The van der Waals surface area contributed by atoms with Gasteiger partial charge < -0.3 is 21.1 Å². The lowest BCUT2D eigenvalue weighted by Crippen LogP contribution is -2.44. The Balaban J connectivity index is 2.57. The van der Waals surface area contributed by atoms with E-state index in [0.29, 0.717) is 5.69 Å². The average Bonchev–Trinajstić information content (AvgIpc) is 2.39. The highest BCUT2D eigenvalue weighted by molar-refractivity contribution is 5.97. The average molecular weight is 279 g/mol. The van der Waals surface area contributed by atoms with Crippen molar-refractivity contribution in [2.75, 3.05) is 18.9 Å². The van der Waals surface area contributed by atoms with Gasteiger partial charge >= 0.3 is 5.97 Å². The monoisotopic (exact) mass is 279 g/mol. The maximum atomic E-state index is 11.8. The molecule has 0 heterocycles. The van der Waals surface area contributed by atoms with Crippen LogP contribution in [0.3, 0.4) is 0 Å². The summed E-state index contributed by atoms with van der Waals surface area (Å²) in [5.74, 6) is -1.69. The number of carboxylic acids is 1. The van der Waals surface area contributed by atoms with E-state index in [1.165, 1.54) is 24.3 Å². The minimum atomic E-state index is -1.03. The Bertz CT molecular complexity index is 499. The van der Waals surface area contributed by atoms with E-state index in [0.717, 1.165) is 0 Å². The van der Waals surface area contributed by atoms with Gasteiger partial charge in [-0.3, -0.25) is 9.59 Å². The number of hydrogen-bond acceptors (Lipinski definition) is 4. The maximum Gasteiger partial charge on any atom is 0.335 e. The molecule has 0 fully saturated rings. The lowest BCUT2D eigenvalue weighted by molar-refractivity contribution is -0.125. The van der Waals surface area contributed by atoms with Gasteiger partial charge in [0.1, 0.15) is 6.04 Å². The second-order valence-corrected chi connectivity index (χ2v) is 4.19. The molecule has 0 radical (unpaired) electrons. The smallest absolute Gasteiger partial charge is 0.335 e.